The van der Waals surface area contributed by atoms with Crippen LogP contribution in [0.3, 0.4) is 0 Å². The SMILES string of the molecule is O=C1CSC(=O)N1CNc1ccc(F)cc1. The number of halogens is 1. The molecule has 0 unspecified atom stereocenters. The Morgan fingerprint density at radius 3 is 2.56 bits per heavy atom. The van der Waals surface area contributed by atoms with Crippen LogP contribution in [0.5, 0.6) is 0 Å². The molecule has 4 nitrogen and oxygen atoms in total. The molecule has 0 bridgehead atoms. The van der Waals surface area contributed by atoms with E-state index in [9.17, 15) is 14.0 Å². The number of hydrogen-bond donors (Lipinski definition) is 1. The smallest absolute Gasteiger partial charge is 0.290 e. The van der Waals surface area contributed by atoms with Gasteiger partial charge in [-0.1, -0.05) is 11.8 Å². The molecule has 6 heteroatoms. The molecule has 2 rings (SSSR count). The Morgan fingerprint density at radius 1 is 1.31 bits per heavy atom. The van der Waals surface area contributed by atoms with E-state index in [1.54, 1.807) is 12.1 Å². The Bertz CT molecular complexity index is 405. The highest BCUT2D eigenvalue weighted by atomic mass is 32.2. The number of anilines is 1. The summed E-state index contributed by atoms with van der Waals surface area (Å²) >= 11 is 0.989. The van der Waals surface area contributed by atoms with E-state index in [4.69, 9.17) is 0 Å². The summed E-state index contributed by atoms with van der Waals surface area (Å²) in [4.78, 5) is 23.6. The highest BCUT2D eigenvalue weighted by Crippen LogP contribution is 2.18. The molecular weight excluding hydrogens is 231 g/mol. The number of imide groups is 1. The maximum Gasteiger partial charge on any atom is 0.290 e. The number of hydrogen-bond acceptors (Lipinski definition) is 4. The van der Waals surface area contributed by atoms with Gasteiger partial charge in [0.2, 0.25) is 5.91 Å². The first kappa shape index (κ1) is 10.9. The minimum Gasteiger partial charge on any atom is -0.367 e. The lowest BCUT2D eigenvalue weighted by molar-refractivity contribution is -0.124. The van der Waals surface area contributed by atoms with E-state index >= 15 is 0 Å². The maximum atomic E-state index is 12.6. The average Bonchev–Trinajstić information content (AvgIpc) is 2.59. The maximum absolute atomic E-state index is 12.6. The van der Waals surface area contributed by atoms with Gasteiger partial charge in [0.1, 0.15) is 5.82 Å². The Hall–Kier alpha value is -1.56. The first-order valence-electron chi connectivity index (χ1n) is 4.63. The van der Waals surface area contributed by atoms with Gasteiger partial charge in [0.05, 0.1) is 12.4 Å². The highest BCUT2D eigenvalue weighted by Gasteiger charge is 2.29. The molecule has 0 atom stereocenters. The zero-order valence-electron chi connectivity index (χ0n) is 8.27. The van der Waals surface area contributed by atoms with Gasteiger partial charge in [-0.05, 0) is 24.3 Å². The van der Waals surface area contributed by atoms with Crippen molar-refractivity contribution in [1.29, 1.82) is 0 Å². The summed E-state index contributed by atoms with van der Waals surface area (Å²) in [6, 6.07) is 5.72. The van der Waals surface area contributed by atoms with Gasteiger partial charge >= 0.3 is 0 Å². The topological polar surface area (TPSA) is 49.4 Å². The second-order valence-corrected chi connectivity index (χ2v) is 4.14. The van der Waals surface area contributed by atoms with Gasteiger partial charge in [0, 0.05) is 5.69 Å². The summed E-state index contributed by atoms with van der Waals surface area (Å²) in [5.74, 6) is -0.330. The third-order valence-electron chi connectivity index (χ3n) is 2.13. The minimum absolute atomic E-state index is 0.121. The van der Waals surface area contributed by atoms with Crippen molar-refractivity contribution in [3.8, 4) is 0 Å². The molecule has 1 aromatic carbocycles. The van der Waals surface area contributed by atoms with Crippen LogP contribution in [0, 0.1) is 5.82 Å². The Labute approximate surface area is 95.8 Å². The Morgan fingerprint density at radius 2 is 2.00 bits per heavy atom. The molecule has 1 heterocycles. The quantitative estimate of drug-likeness (QED) is 0.876. The van der Waals surface area contributed by atoms with Crippen LogP contribution in [-0.4, -0.2) is 28.5 Å². The van der Waals surface area contributed by atoms with Crippen molar-refractivity contribution in [1.82, 2.24) is 4.90 Å². The molecular formula is C10H9FN2O2S. The number of nitrogens with one attached hydrogen (secondary N) is 1. The van der Waals surface area contributed by atoms with E-state index in [1.165, 1.54) is 12.1 Å². The molecule has 0 aliphatic carbocycles. The van der Waals surface area contributed by atoms with Crippen LogP contribution in [0.4, 0.5) is 14.9 Å². The van der Waals surface area contributed by atoms with Gasteiger partial charge in [-0.2, -0.15) is 0 Å². The summed E-state index contributed by atoms with van der Waals surface area (Å²) in [7, 11) is 0. The van der Waals surface area contributed by atoms with Crippen molar-refractivity contribution in [2.24, 2.45) is 0 Å². The van der Waals surface area contributed by atoms with Gasteiger partial charge in [0.25, 0.3) is 5.24 Å². The summed E-state index contributed by atoms with van der Waals surface area (Å²) in [6.07, 6.45) is 0. The zero-order valence-corrected chi connectivity index (χ0v) is 9.09. The number of nitrogens with zero attached hydrogens (tertiary/aromatic N) is 1. The summed E-state index contributed by atoms with van der Waals surface area (Å²) in [5, 5.41) is 2.63. The van der Waals surface area contributed by atoms with E-state index in [0.29, 0.717) is 5.69 Å². The second-order valence-electron chi connectivity index (χ2n) is 3.22. The average molecular weight is 240 g/mol. The van der Waals surface area contributed by atoms with E-state index in [2.05, 4.69) is 5.32 Å². The van der Waals surface area contributed by atoms with Crippen molar-refractivity contribution in [3.05, 3.63) is 30.1 Å². The number of rotatable bonds is 3. The summed E-state index contributed by atoms with van der Waals surface area (Å²) in [6.45, 7) is 0.121. The predicted molar refractivity (Wildman–Crippen MR) is 59.6 cm³/mol. The van der Waals surface area contributed by atoms with Gasteiger partial charge in [-0.15, -0.1) is 0 Å². The molecule has 1 aromatic rings. The molecule has 1 saturated heterocycles. The Balaban J connectivity index is 1.94. The standard InChI is InChI=1S/C10H9FN2O2S/c11-7-1-3-8(4-2-7)12-6-13-9(14)5-16-10(13)15/h1-4,12H,5-6H2. The van der Waals surface area contributed by atoms with Crippen molar-refractivity contribution >= 4 is 28.6 Å². The fourth-order valence-electron chi connectivity index (χ4n) is 1.27. The lowest BCUT2D eigenvalue weighted by Gasteiger charge is -2.14. The fraction of sp³-hybridized carbons (Fsp3) is 0.200. The number of carbonyl (C=O) groups excluding carboxylic acids is 2. The first-order chi connectivity index (χ1) is 7.66. The third kappa shape index (κ3) is 2.33. The number of benzene rings is 1. The van der Waals surface area contributed by atoms with Crippen LogP contribution < -0.4 is 5.32 Å². The second kappa shape index (κ2) is 4.52. The van der Waals surface area contributed by atoms with Crippen molar-refractivity contribution in [2.45, 2.75) is 0 Å². The van der Waals surface area contributed by atoms with Gasteiger partial charge in [-0.3, -0.25) is 14.5 Å². The fourth-order valence-corrected chi connectivity index (χ4v) is 2.00. The van der Waals surface area contributed by atoms with Gasteiger partial charge in [-0.25, -0.2) is 4.39 Å². The van der Waals surface area contributed by atoms with Crippen LogP contribution >= 0.6 is 11.8 Å². The molecule has 0 radical (unpaired) electrons. The monoisotopic (exact) mass is 240 g/mol. The zero-order chi connectivity index (χ0) is 11.5. The van der Waals surface area contributed by atoms with Crippen LogP contribution in [0.15, 0.2) is 24.3 Å². The van der Waals surface area contributed by atoms with Gasteiger partial charge < -0.3 is 5.32 Å². The van der Waals surface area contributed by atoms with E-state index in [0.717, 1.165) is 16.7 Å². The minimum atomic E-state index is -0.325. The highest BCUT2D eigenvalue weighted by molar-refractivity contribution is 8.14. The summed E-state index contributed by atoms with van der Waals surface area (Å²) < 4.78 is 12.6. The van der Waals surface area contributed by atoms with Crippen LogP contribution in [-0.2, 0) is 4.79 Å². The predicted octanol–water partition coefficient (Wildman–Crippen LogP) is 1.89. The normalized spacial score (nSPS) is 15.7. The lowest BCUT2D eigenvalue weighted by atomic mass is 10.3. The molecule has 1 aliphatic rings. The molecule has 1 aliphatic heterocycles. The van der Waals surface area contributed by atoms with Gasteiger partial charge in [0.15, 0.2) is 0 Å². The number of carbonyl (C=O) groups is 2. The first-order valence-corrected chi connectivity index (χ1v) is 5.62. The Kier molecular flexibility index (Phi) is 3.09. The molecule has 2 amide bonds. The summed E-state index contributed by atoms with van der Waals surface area (Å²) in [5.41, 5.74) is 0.666. The number of amides is 2. The van der Waals surface area contributed by atoms with E-state index in [1.807, 2.05) is 0 Å². The molecule has 0 saturated carbocycles. The van der Waals surface area contributed by atoms with E-state index < -0.39 is 0 Å². The van der Waals surface area contributed by atoms with Crippen LogP contribution in [0.2, 0.25) is 0 Å². The van der Waals surface area contributed by atoms with Crippen molar-refractivity contribution < 1.29 is 14.0 Å². The lowest BCUT2D eigenvalue weighted by Crippen LogP contribution is -2.33. The molecule has 16 heavy (non-hydrogen) atoms. The largest absolute Gasteiger partial charge is 0.367 e. The van der Waals surface area contributed by atoms with Crippen molar-refractivity contribution in [2.75, 3.05) is 17.7 Å². The molecule has 1 N–H and O–H groups in total. The molecule has 1 fully saturated rings. The van der Waals surface area contributed by atoms with Crippen LogP contribution in [0.1, 0.15) is 0 Å². The third-order valence-corrected chi connectivity index (χ3v) is 2.98. The van der Waals surface area contributed by atoms with E-state index in [-0.39, 0.29) is 29.4 Å². The van der Waals surface area contributed by atoms with Crippen LogP contribution in [0.25, 0.3) is 0 Å². The molecule has 0 spiro atoms. The number of thioether (sulfide) groups is 1. The molecule has 0 aromatic heterocycles. The molecule has 84 valence electrons. The van der Waals surface area contributed by atoms with Crippen molar-refractivity contribution in [3.63, 3.8) is 0 Å².